The van der Waals surface area contributed by atoms with Gasteiger partial charge in [-0.15, -0.1) is 10.2 Å². The molecule has 5 rings (SSSR count). The lowest BCUT2D eigenvalue weighted by atomic mass is 9.47. The lowest BCUT2D eigenvalue weighted by Gasteiger charge is -2.58. The fraction of sp³-hybridized carbons (Fsp3) is 0.906. The van der Waals surface area contributed by atoms with E-state index in [1.54, 1.807) is 5.57 Å². The van der Waals surface area contributed by atoms with Crippen molar-refractivity contribution >= 4 is 0 Å². The van der Waals surface area contributed by atoms with Crippen molar-refractivity contribution in [3.05, 3.63) is 17.5 Å². The minimum Gasteiger partial charge on any atom is -0.377 e. The van der Waals surface area contributed by atoms with Gasteiger partial charge < -0.3 is 4.74 Å². The van der Waals surface area contributed by atoms with Gasteiger partial charge in [0.15, 0.2) is 5.82 Å². The first-order chi connectivity index (χ1) is 17.8. The Morgan fingerprint density at radius 2 is 1.89 bits per heavy atom. The molecule has 0 unspecified atom stereocenters. The molecule has 208 valence electrons. The highest BCUT2D eigenvalue weighted by atomic mass is 16.5. The second-order valence-electron chi connectivity index (χ2n) is 14.3. The summed E-state index contributed by atoms with van der Waals surface area (Å²) in [5, 5.41) is 14.3. The Hall–Kier alpha value is -1.23. The van der Waals surface area contributed by atoms with Crippen molar-refractivity contribution in [1.29, 1.82) is 0 Å². The molecule has 1 N–H and O–H groups in total. The number of hydrogen-bond acceptors (Lipinski definition) is 4. The number of nitrogens with zero attached hydrogens (tertiary/aromatic N) is 3. The molecule has 37 heavy (non-hydrogen) atoms. The molecule has 9 atom stereocenters. The van der Waals surface area contributed by atoms with Crippen LogP contribution >= 0.6 is 0 Å². The van der Waals surface area contributed by atoms with Crippen LogP contribution in [0.2, 0.25) is 0 Å². The van der Waals surface area contributed by atoms with E-state index in [1.165, 1.54) is 64.2 Å². The fourth-order valence-corrected chi connectivity index (χ4v) is 10.0. The second-order valence-corrected chi connectivity index (χ2v) is 14.3. The Balaban J connectivity index is 1.21. The number of allylic oxidation sites excluding steroid dienone is 1. The third-order valence-corrected chi connectivity index (χ3v) is 12.3. The summed E-state index contributed by atoms with van der Waals surface area (Å²) in [4.78, 5) is 0. The predicted octanol–water partition coefficient (Wildman–Crippen LogP) is 7.80. The zero-order chi connectivity index (χ0) is 26.2. The number of hydrogen-bond donors (Lipinski definition) is 1. The maximum atomic E-state index is 6.31. The van der Waals surface area contributed by atoms with Gasteiger partial charge in [-0.3, -0.25) is 0 Å². The molecular weight excluding hydrogens is 456 g/mol. The van der Waals surface area contributed by atoms with Crippen LogP contribution < -0.4 is 0 Å². The highest BCUT2D eigenvalue weighted by Gasteiger charge is 2.59. The summed E-state index contributed by atoms with van der Waals surface area (Å²) in [6, 6.07) is 0. The van der Waals surface area contributed by atoms with Crippen LogP contribution in [-0.2, 0) is 11.2 Å². The summed E-state index contributed by atoms with van der Waals surface area (Å²) >= 11 is 0. The van der Waals surface area contributed by atoms with Crippen molar-refractivity contribution in [3.63, 3.8) is 0 Å². The molecule has 0 amide bonds. The number of aromatic amines is 1. The monoisotopic (exact) mass is 510 g/mol. The first-order valence-electron chi connectivity index (χ1n) is 15.8. The van der Waals surface area contributed by atoms with Crippen LogP contribution in [0.3, 0.4) is 0 Å². The highest BCUT2D eigenvalue weighted by molar-refractivity contribution is 5.25. The van der Waals surface area contributed by atoms with Crippen molar-refractivity contribution in [2.24, 2.45) is 52.3 Å². The van der Waals surface area contributed by atoms with Crippen molar-refractivity contribution in [3.8, 4) is 0 Å². The zero-order valence-corrected chi connectivity index (χ0v) is 24.6. The summed E-state index contributed by atoms with van der Waals surface area (Å²) in [7, 11) is 0. The third-order valence-electron chi connectivity index (χ3n) is 12.3. The number of tetrazole rings is 1. The van der Waals surface area contributed by atoms with E-state index in [2.05, 4.69) is 68.2 Å². The summed E-state index contributed by atoms with van der Waals surface area (Å²) in [5.41, 5.74) is 2.68. The maximum absolute atomic E-state index is 6.31. The minimum atomic E-state index is 0.353. The second kappa shape index (κ2) is 11.1. The fourth-order valence-electron chi connectivity index (χ4n) is 10.0. The van der Waals surface area contributed by atoms with Gasteiger partial charge in [0.25, 0.3) is 0 Å². The Kier molecular flexibility index (Phi) is 8.20. The normalized spacial score (nSPS) is 39.0. The molecule has 1 aromatic rings. The molecule has 5 heteroatoms. The highest BCUT2D eigenvalue weighted by Crippen LogP contribution is 2.67. The topological polar surface area (TPSA) is 63.7 Å². The number of ether oxygens (including phenoxy) is 1. The molecule has 0 aromatic carbocycles. The van der Waals surface area contributed by atoms with E-state index in [9.17, 15) is 0 Å². The molecule has 4 aliphatic rings. The van der Waals surface area contributed by atoms with Gasteiger partial charge in [0.2, 0.25) is 0 Å². The van der Waals surface area contributed by atoms with Crippen LogP contribution in [-0.4, -0.2) is 33.3 Å². The molecule has 0 aliphatic heterocycles. The summed E-state index contributed by atoms with van der Waals surface area (Å²) in [6.45, 7) is 15.9. The van der Waals surface area contributed by atoms with E-state index in [0.717, 1.165) is 60.1 Å². The standard InChI is InChI=1S/C32H54N4O/c1-7-23(21(2)3)9-8-22(4)27-12-13-28-26-11-10-24-20-25(37-19-16-30-33-35-36-34-30)14-17-31(24,5)29(26)15-18-32(27,28)6/h10,21-23,25-29H,7-9,11-20H2,1-6H3,(H,33,34,35,36)/t22-,23-,25+,26+,27-,28+,29+,31+,32-/m1/s1. The number of fused-ring (bicyclic) bond motifs is 5. The molecule has 1 aromatic heterocycles. The Morgan fingerprint density at radius 1 is 1.05 bits per heavy atom. The van der Waals surface area contributed by atoms with Crippen LogP contribution in [0.15, 0.2) is 11.6 Å². The van der Waals surface area contributed by atoms with Gasteiger partial charge in [-0.05, 0) is 110 Å². The van der Waals surface area contributed by atoms with E-state index >= 15 is 0 Å². The average molecular weight is 511 g/mol. The average Bonchev–Trinajstić information content (AvgIpc) is 3.51. The van der Waals surface area contributed by atoms with Crippen molar-refractivity contribution in [2.75, 3.05) is 6.61 Å². The van der Waals surface area contributed by atoms with Crippen LogP contribution in [0, 0.1) is 52.3 Å². The molecule has 5 nitrogen and oxygen atoms in total. The Bertz CT molecular complexity index is 912. The summed E-state index contributed by atoms with van der Waals surface area (Å²) in [6.07, 6.45) is 18.8. The SMILES string of the molecule is CC[C@H](CC[C@@H](C)[C@H]1CC[C@H]2[C@@H]3CC=C4C[C@@H](OCCc5nn[nH]n5)CC[C@]4(C)[C@H]3CC[C@]12C)C(C)C. The smallest absolute Gasteiger partial charge is 0.176 e. The first kappa shape index (κ1) is 27.3. The number of H-pyrrole nitrogens is 1. The van der Waals surface area contributed by atoms with Crippen LogP contribution in [0.25, 0.3) is 0 Å². The molecule has 1 heterocycles. The zero-order valence-electron chi connectivity index (χ0n) is 24.6. The van der Waals surface area contributed by atoms with E-state index < -0.39 is 0 Å². The van der Waals surface area contributed by atoms with Gasteiger partial charge in [-0.25, -0.2) is 0 Å². The van der Waals surface area contributed by atoms with E-state index in [4.69, 9.17) is 4.74 Å². The maximum Gasteiger partial charge on any atom is 0.176 e. The Labute approximate surface area is 226 Å². The van der Waals surface area contributed by atoms with Gasteiger partial charge in [-0.1, -0.05) is 71.2 Å². The van der Waals surface area contributed by atoms with Crippen molar-refractivity contribution < 1.29 is 4.74 Å². The molecule has 3 fully saturated rings. The Morgan fingerprint density at radius 3 is 2.62 bits per heavy atom. The van der Waals surface area contributed by atoms with Crippen molar-refractivity contribution in [2.45, 2.75) is 125 Å². The number of nitrogens with one attached hydrogen (secondary N) is 1. The molecular formula is C32H54N4O. The van der Waals surface area contributed by atoms with Gasteiger partial charge in [0, 0.05) is 6.42 Å². The van der Waals surface area contributed by atoms with Gasteiger partial charge in [0.05, 0.1) is 12.7 Å². The van der Waals surface area contributed by atoms with Crippen LogP contribution in [0.1, 0.15) is 118 Å². The first-order valence-corrected chi connectivity index (χ1v) is 15.8. The van der Waals surface area contributed by atoms with E-state index in [1.807, 2.05) is 0 Å². The van der Waals surface area contributed by atoms with E-state index in [0.29, 0.717) is 23.5 Å². The molecule has 3 saturated carbocycles. The lowest BCUT2D eigenvalue weighted by molar-refractivity contribution is -0.0639. The molecule has 0 spiro atoms. The number of aromatic nitrogens is 4. The van der Waals surface area contributed by atoms with E-state index in [-0.39, 0.29) is 0 Å². The summed E-state index contributed by atoms with van der Waals surface area (Å²) in [5.74, 6) is 7.01. The third kappa shape index (κ3) is 5.20. The summed E-state index contributed by atoms with van der Waals surface area (Å²) < 4.78 is 6.31. The van der Waals surface area contributed by atoms with Gasteiger partial charge in [0.1, 0.15) is 0 Å². The van der Waals surface area contributed by atoms with Crippen LogP contribution in [0.5, 0.6) is 0 Å². The van der Waals surface area contributed by atoms with Crippen molar-refractivity contribution in [1.82, 2.24) is 20.6 Å². The number of rotatable bonds is 10. The lowest BCUT2D eigenvalue weighted by Crippen LogP contribution is -2.51. The van der Waals surface area contributed by atoms with Gasteiger partial charge in [-0.2, -0.15) is 5.21 Å². The minimum absolute atomic E-state index is 0.353. The molecule has 4 aliphatic carbocycles. The predicted molar refractivity (Wildman–Crippen MR) is 150 cm³/mol. The molecule has 0 radical (unpaired) electrons. The van der Waals surface area contributed by atoms with Gasteiger partial charge >= 0.3 is 0 Å². The quantitative estimate of drug-likeness (QED) is 0.326. The van der Waals surface area contributed by atoms with Crippen LogP contribution in [0.4, 0.5) is 0 Å². The molecule has 0 bridgehead atoms. The largest absolute Gasteiger partial charge is 0.377 e. The molecule has 0 saturated heterocycles.